The van der Waals surface area contributed by atoms with Crippen LogP contribution in [0.5, 0.6) is 0 Å². The van der Waals surface area contributed by atoms with Crippen LogP contribution in [0.2, 0.25) is 0 Å². The minimum atomic E-state index is -0.704. The fourth-order valence-corrected chi connectivity index (χ4v) is 2.91. The second kappa shape index (κ2) is 7.29. The molecule has 1 aromatic carbocycles. The third kappa shape index (κ3) is 4.21. The van der Waals surface area contributed by atoms with Crippen molar-refractivity contribution in [3.63, 3.8) is 0 Å². The van der Waals surface area contributed by atoms with Gasteiger partial charge in [-0.25, -0.2) is 4.99 Å². The van der Waals surface area contributed by atoms with Crippen LogP contribution in [0.1, 0.15) is 25.0 Å². The minimum Gasteiger partial charge on any atom is -0.368 e. The summed E-state index contributed by atoms with van der Waals surface area (Å²) < 4.78 is 1.99. The number of nitrogens with two attached hydrogens (primary N) is 2. The zero-order valence-electron chi connectivity index (χ0n) is 12.4. The molecule has 0 saturated heterocycles. The van der Waals surface area contributed by atoms with Crippen molar-refractivity contribution in [3.05, 3.63) is 32.2 Å². The molecule has 0 atom stereocenters. The van der Waals surface area contributed by atoms with Gasteiger partial charge in [-0.1, -0.05) is 31.9 Å². The molecular formula is C13H18Br3N5O. The maximum Gasteiger partial charge on any atom is 0.226 e. The number of guanidine groups is 2. The first-order chi connectivity index (χ1) is 9.70. The smallest absolute Gasteiger partial charge is 0.226 e. The third-order valence-corrected chi connectivity index (χ3v) is 4.59. The normalized spacial score (nSPS) is 16.7. The van der Waals surface area contributed by atoms with Crippen molar-refractivity contribution >= 4 is 60.8 Å². The number of hydroxylamine groups is 2. The lowest BCUT2D eigenvalue weighted by Gasteiger charge is -2.36. The van der Waals surface area contributed by atoms with E-state index in [1.807, 2.05) is 32.9 Å². The van der Waals surface area contributed by atoms with Crippen LogP contribution in [0.4, 0.5) is 0 Å². The summed E-state index contributed by atoms with van der Waals surface area (Å²) in [6.45, 7) is 6.05. The molecule has 9 heteroatoms. The Morgan fingerprint density at radius 2 is 1.86 bits per heavy atom. The maximum atomic E-state index is 5.87. The molecule has 0 bridgehead atoms. The SMILES string of the molecule is Br.Cc1cc(Br)c(CON2C(N)=NC(N)=NC2(C)C)cc1Br. The van der Waals surface area contributed by atoms with Crippen LogP contribution in [0, 0.1) is 6.92 Å². The summed E-state index contributed by atoms with van der Waals surface area (Å²) in [6.07, 6.45) is 0. The summed E-state index contributed by atoms with van der Waals surface area (Å²) in [7, 11) is 0. The van der Waals surface area contributed by atoms with E-state index >= 15 is 0 Å². The lowest BCUT2D eigenvalue weighted by atomic mass is 10.2. The highest BCUT2D eigenvalue weighted by atomic mass is 79.9. The quantitative estimate of drug-likeness (QED) is 0.668. The van der Waals surface area contributed by atoms with Gasteiger partial charge in [0.2, 0.25) is 11.9 Å². The van der Waals surface area contributed by atoms with Crippen molar-refractivity contribution < 1.29 is 4.84 Å². The Hall–Kier alpha value is -0.640. The number of halogens is 3. The number of benzene rings is 1. The van der Waals surface area contributed by atoms with E-state index in [0.29, 0.717) is 6.61 Å². The fourth-order valence-electron chi connectivity index (χ4n) is 1.95. The molecule has 2 rings (SSSR count). The van der Waals surface area contributed by atoms with Crippen LogP contribution < -0.4 is 11.5 Å². The summed E-state index contributed by atoms with van der Waals surface area (Å²) in [5.74, 6) is 0.339. The molecule has 1 aliphatic heterocycles. The zero-order chi connectivity index (χ0) is 15.8. The van der Waals surface area contributed by atoms with Crippen LogP contribution in [-0.4, -0.2) is 22.6 Å². The molecule has 1 aromatic rings. The number of aryl methyl sites for hydroxylation is 1. The summed E-state index contributed by atoms with van der Waals surface area (Å²) in [4.78, 5) is 13.9. The predicted molar refractivity (Wildman–Crippen MR) is 101 cm³/mol. The van der Waals surface area contributed by atoms with Gasteiger partial charge in [-0.15, -0.1) is 17.0 Å². The highest BCUT2D eigenvalue weighted by molar-refractivity contribution is 9.11. The highest BCUT2D eigenvalue weighted by Gasteiger charge is 2.33. The highest BCUT2D eigenvalue weighted by Crippen LogP contribution is 2.27. The van der Waals surface area contributed by atoms with Crippen molar-refractivity contribution in [1.82, 2.24) is 5.06 Å². The van der Waals surface area contributed by atoms with Crippen LogP contribution in [0.25, 0.3) is 0 Å². The molecule has 6 nitrogen and oxygen atoms in total. The molecule has 0 aromatic heterocycles. The second-order valence-electron chi connectivity index (χ2n) is 5.20. The second-order valence-corrected chi connectivity index (χ2v) is 6.90. The molecule has 0 aliphatic carbocycles. The van der Waals surface area contributed by atoms with E-state index in [1.165, 1.54) is 5.06 Å². The van der Waals surface area contributed by atoms with Crippen LogP contribution in [0.3, 0.4) is 0 Å². The molecule has 0 saturated carbocycles. The van der Waals surface area contributed by atoms with Crippen molar-refractivity contribution in [3.8, 4) is 0 Å². The first-order valence-corrected chi connectivity index (χ1v) is 7.86. The van der Waals surface area contributed by atoms with Crippen LogP contribution >= 0.6 is 48.8 Å². The Morgan fingerprint density at radius 3 is 2.45 bits per heavy atom. The Kier molecular flexibility index (Phi) is 6.43. The van der Waals surface area contributed by atoms with Gasteiger partial charge < -0.3 is 11.5 Å². The summed E-state index contributed by atoms with van der Waals surface area (Å²) in [5, 5.41) is 1.46. The Balaban J connectivity index is 0.00000242. The molecule has 1 heterocycles. The van der Waals surface area contributed by atoms with Crippen molar-refractivity contribution in [2.75, 3.05) is 0 Å². The molecule has 22 heavy (non-hydrogen) atoms. The van der Waals surface area contributed by atoms with E-state index in [9.17, 15) is 0 Å². The Bertz CT molecular complexity index is 630. The first kappa shape index (κ1) is 19.4. The molecule has 0 amide bonds. The average Bonchev–Trinajstić information content (AvgIpc) is 2.32. The topological polar surface area (TPSA) is 89.2 Å². The van der Waals surface area contributed by atoms with E-state index in [4.69, 9.17) is 16.3 Å². The molecule has 4 N–H and O–H groups in total. The van der Waals surface area contributed by atoms with Gasteiger partial charge in [-0.3, -0.25) is 4.84 Å². The predicted octanol–water partition coefficient (Wildman–Crippen LogP) is 3.21. The molecule has 1 aliphatic rings. The fraction of sp³-hybridized carbons (Fsp3) is 0.385. The molecule has 0 radical (unpaired) electrons. The van der Waals surface area contributed by atoms with Crippen molar-refractivity contribution in [2.24, 2.45) is 21.5 Å². The standard InChI is InChI=1S/C13H17Br2N5O.BrH/c1-7-4-10(15)8(5-9(7)14)6-21-20-12(17)18-11(16)19-13(20,2)3;/h4-5H,6H2,1-3H3,(H4,16,17,18,19);1H. The van der Waals surface area contributed by atoms with E-state index in [0.717, 1.165) is 20.1 Å². The number of nitrogens with zero attached hydrogens (tertiary/aromatic N) is 3. The summed E-state index contributed by atoms with van der Waals surface area (Å²) >= 11 is 7.04. The number of rotatable bonds is 3. The monoisotopic (exact) mass is 497 g/mol. The van der Waals surface area contributed by atoms with Gasteiger partial charge in [-0.2, -0.15) is 10.1 Å². The number of aliphatic imine (C=N–C) groups is 2. The lowest BCUT2D eigenvalue weighted by molar-refractivity contribution is -0.167. The largest absolute Gasteiger partial charge is 0.368 e. The van der Waals surface area contributed by atoms with E-state index in [-0.39, 0.29) is 28.9 Å². The lowest BCUT2D eigenvalue weighted by Crippen LogP contribution is -2.53. The number of hydrogen-bond acceptors (Lipinski definition) is 6. The van der Waals surface area contributed by atoms with Gasteiger partial charge >= 0.3 is 0 Å². The summed E-state index contributed by atoms with van der Waals surface area (Å²) in [6, 6.07) is 4.03. The molecule has 122 valence electrons. The van der Waals surface area contributed by atoms with E-state index in [2.05, 4.69) is 41.8 Å². The molecule has 0 spiro atoms. The van der Waals surface area contributed by atoms with Gasteiger partial charge in [0.05, 0.1) is 0 Å². The maximum absolute atomic E-state index is 5.87. The summed E-state index contributed by atoms with van der Waals surface area (Å²) in [5.41, 5.74) is 12.9. The van der Waals surface area contributed by atoms with Crippen molar-refractivity contribution in [2.45, 2.75) is 33.0 Å². The van der Waals surface area contributed by atoms with E-state index in [1.54, 1.807) is 0 Å². The van der Waals surface area contributed by atoms with Gasteiger partial charge in [0.15, 0.2) is 5.66 Å². The van der Waals surface area contributed by atoms with Gasteiger partial charge in [0.25, 0.3) is 0 Å². The minimum absolute atomic E-state index is 0. The van der Waals surface area contributed by atoms with Crippen LogP contribution in [-0.2, 0) is 11.4 Å². The first-order valence-electron chi connectivity index (χ1n) is 6.28. The Labute approximate surface area is 157 Å². The molecule has 0 fully saturated rings. The van der Waals surface area contributed by atoms with Crippen LogP contribution in [0.15, 0.2) is 31.1 Å². The van der Waals surface area contributed by atoms with Gasteiger partial charge in [0, 0.05) is 8.95 Å². The number of hydrogen-bond donors (Lipinski definition) is 2. The molecule has 0 unspecified atom stereocenters. The molecular weight excluding hydrogens is 482 g/mol. The average molecular weight is 500 g/mol. The third-order valence-electron chi connectivity index (χ3n) is 3.00. The van der Waals surface area contributed by atoms with Crippen molar-refractivity contribution in [1.29, 1.82) is 0 Å². The van der Waals surface area contributed by atoms with E-state index < -0.39 is 5.66 Å². The Morgan fingerprint density at radius 1 is 1.23 bits per heavy atom. The van der Waals surface area contributed by atoms with Gasteiger partial charge in [0.1, 0.15) is 6.61 Å². The van der Waals surface area contributed by atoms with Gasteiger partial charge in [-0.05, 0) is 44.0 Å². The zero-order valence-corrected chi connectivity index (χ0v) is 17.3.